The summed E-state index contributed by atoms with van der Waals surface area (Å²) in [5, 5.41) is 0. The van der Waals surface area contributed by atoms with Gasteiger partial charge in [0.1, 0.15) is 0 Å². The highest BCUT2D eigenvalue weighted by Crippen LogP contribution is 2.27. The molecule has 0 saturated carbocycles. The molecule has 0 aromatic heterocycles. The van der Waals surface area contributed by atoms with Gasteiger partial charge >= 0.3 is 0 Å². The number of allylic oxidation sites excluding steroid dienone is 5. The normalized spacial score (nSPS) is 13.9. The molecule has 12 heavy (non-hydrogen) atoms. The first-order chi connectivity index (χ1) is 5.40. The lowest BCUT2D eigenvalue weighted by molar-refractivity contribution is 0.578. The van der Waals surface area contributed by atoms with E-state index >= 15 is 0 Å². The maximum absolute atomic E-state index is 3.87. The van der Waals surface area contributed by atoms with Gasteiger partial charge in [-0.05, 0) is 20.8 Å². The summed E-state index contributed by atoms with van der Waals surface area (Å²) < 4.78 is 0. The second kappa shape index (κ2) is 4.30. The van der Waals surface area contributed by atoms with Crippen molar-refractivity contribution in [3.8, 4) is 0 Å². The van der Waals surface area contributed by atoms with Crippen LogP contribution in [-0.2, 0) is 0 Å². The molecule has 0 bridgehead atoms. The molecule has 0 rings (SSSR count). The first kappa shape index (κ1) is 11.2. The van der Waals surface area contributed by atoms with Crippen LogP contribution in [0, 0.1) is 5.41 Å². The van der Waals surface area contributed by atoms with E-state index in [1.165, 1.54) is 5.57 Å². The van der Waals surface area contributed by atoms with Crippen LogP contribution in [0.5, 0.6) is 0 Å². The Hall–Kier alpha value is -0.780. The third-order valence-corrected chi connectivity index (χ3v) is 2.06. The topological polar surface area (TPSA) is 0 Å². The Bertz CT molecular complexity index is 214. The average molecular weight is 164 g/mol. The van der Waals surface area contributed by atoms with Crippen molar-refractivity contribution in [3.05, 3.63) is 36.0 Å². The van der Waals surface area contributed by atoms with Crippen LogP contribution >= 0.6 is 0 Å². The molecular weight excluding hydrogens is 144 g/mol. The molecule has 0 aromatic rings. The fraction of sp³-hybridized carbons (Fsp3) is 0.500. The fourth-order valence-corrected chi connectivity index (χ4v) is 1.10. The monoisotopic (exact) mass is 164 g/mol. The number of rotatable bonds is 3. The highest BCUT2D eigenvalue weighted by atomic mass is 14.2. The van der Waals surface area contributed by atoms with Crippen LogP contribution < -0.4 is 0 Å². The summed E-state index contributed by atoms with van der Waals surface area (Å²) in [6.07, 6.45) is 6.44. The molecule has 0 heterocycles. The second-order valence-corrected chi connectivity index (χ2v) is 3.90. The van der Waals surface area contributed by atoms with Gasteiger partial charge < -0.3 is 0 Å². The zero-order chi connectivity index (χ0) is 9.78. The van der Waals surface area contributed by atoms with Crippen LogP contribution in [0.4, 0.5) is 0 Å². The molecule has 0 saturated heterocycles. The predicted molar refractivity (Wildman–Crippen MR) is 57.2 cm³/mol. The molecule has 0 nitrogen and oxygen atoms in total. The zero-order valence-corrected chi connectivity index (χ0v) is 8.94. The van der Waals surface area contributed by atoms with Crippen LogP contribution in [0.1, 0.15) is 34.6 Å². The minimum absolute atomic E-state index is 0.160. The molecule has 0 aliphatic carbocycles. The van der Waals surface area contributed by atoms with Gasteiger partial charge in [-0.2, -0.15) is 0 Å². The molecule has 0 heteroatoms. The summed E-state index contributed by atoms with van der Waals surface area (Å²) >= 11 is 0. The van der Waals surface area contributed by atoms with Gasteiger partial charge in [-0.15, -0.1) is 0 Å². The van der Waals surface area contributed by atoms with E-state index in [4.69, 9.17) is 0 Å². The zero-order valence-electron chi connectivity index (χ0n) is 8.94. The number of hydrogen-bond acceptors (Lipinski definition) is 0. The molecule has 0 aliphatic heterocycles. The Balaban J connectivity index is 4.66. The number of hydrogen-bond donors (Lipinski definition) is 0. The van der Waals surface area contributed by atoms with Crippen molar-refractivity contribution in [2.45, 2.75) is 34.6 Å². The summed E-state index contributed by atoms with van der Waals surface area (Å²) in [5.41, 5.74) is 2.63. The highest BCUT2D eigenvalue weighted by Gasteiger charge is 2.14. The Morgan fingerprint density at radius 3 is 2.08 bits per heavy atom. The van der Waals surface area contributed by atoms with Gasteiger partial charge in [0.2, 0.25) is 0 Å². The van der Waals surface area contributed by atoms with Gasteiger partial charge in [0, 0.05) is 5.41 Å². The molecule has 0 radical (unpaired) electrons. The van der Waals surface area contributed by atoms with Crippen molar-refractivity contribution in [2.75, 3.05) is 0 Å². The summed E-state index contributed by atoms with van der Waals surface area (Å²) in [4.78, 5) is 0. The van der Waals surface area contributed by atoms with E-state index in [0.29, 0.717) is 0 Å². The molecule has 0 N–H and O–H groups in total. The molecular formula is C12H20. The van der Waals surface area contributed by atoms with Gasteiger partial charge in [0.25, 0.3) is 0 Å². The molecule has 0 amide bonds. The maximum atomic E-state index is 3.87. The lowest BCUT2D eigenvalue weighted by Gasteiger charge is -2.21. The summed E-state index contributed by atoms with van der Waals surface area (Å²) in [7, 11) is 0. The van der Waals surface area contributed by atoms with Gasteiger partial charge in [-0.25, -0.2) is 0 Å². The van der Waals surface area contributed by atoms with Crippen LogP contribution in [0.2, 0.25) is 0 Å². The third kappa shape index (κ3) is 3.56. The standard InChI is InChI=1S/C12H20/c1-7-8-12(5,6)11(4)9-10(2)3/h7-9H,2H2,1,3-6H3/b8-7+,11-9+. The van der Waals surface area contributed by atoms with Gasteiger partial charge in [0.15, 0.2) is 0 Å². The molecule has 0 atom stereocenters. The van der Waals surface area contributed by atoms with Crippen molar-refractivity contribution < 1.29 is 0 Å². The van der Waals surface area contributed by atoms with Crippen molar-refractivity contribution in [3.63, 3.8) is 0 Å². The van der Waals surface area contributed by atoms with Crippen LogP contribution in [0.25, 0.3) is 0 Å². The SMILES string of the molecule is C=C(C)/C=C(\C)C(C)(C)/C=C/C. The van der Waals surface area contributed by atoms with Crippen molar-refractivity contribution >= 4 is 0 Å². The van der Waals surface area contributed by atoms with Crippen LogP contribution in [0.15, 0.2) is 36.0 Å². The largest absolute Gasteiger partial charge is 0.0961 e. The summed E-state index contributed by atoms with van der Waals surface area (Å²) in [5.74, 6) is 0. The smallest absolute Gasteiger partial charge is 0.00345 e. The Kier molecular flexibility index (Phi) is 4.02. The molecule has 68 valence electrons. The molecule has 0 unspecified atom stereocenters. The maximum Gasteiger partial charge on any atom is 0.00345 e. The highest BCUT2D eigenvalue weighted by molar-refractivity contribution is 5.25. The summed E-state index contributed by atoms with van der Waals surface area (Å²) in [6, 6.07) is 0. The van der Waals surface area contributed by atoms with E-state index in [1.54, 1.807) is 0 Å². The van der Waals surface area contributed by atoms with E-state index in [-0.39, 0.29) is 5.41 Å². The molecule has 0 aromatic carbocycles. The summed E-state index contributed by atoms with van der Waals surface area (Å²) in [6.45, 7) is 14.5. The van der Waals surface area contributed by atoms with Gasteiger partial charge in [-0.1, -0.05) is 49.8 Å². The van der Waals surface area contributed by atoms with Crippen molar-refractivity contribution in [2.24, 2.45) is 5.41 Å². The Morgan fingerprint density at radius 2 is 1.75 bits per heavy atom. The molecule has 0 spiro atoms. The Morgan fingerprint density at radius 1 is 1.25 bits per heavy atom. The Labute approximate surface area is 76.7 Å². The molecule has 0 fully saturated rings. The predicted octanol–water partition coefficient (Wildman–Crippen LogP) is 4.11. The van der Waals surface area contributed by atoms with E-state index in [1.807, 2.05) is 6.92 Å². The van der Waals surface area contributed by atoms with Crippen molar-refractivity contribution in [1.82, 2.24) is 0 Å². The second-order valence-electron chi connectivity index (χ2n) is 3.90. The van der Waals surface area contributed by atoms with Gasteiger partial charge in [0.05, 0.1) is 0 Å². The van der Waals surface area contributed by atoms with Crippen LogP contribution in [-0.4, -0.2) is 0 Å². The van der Waals surface area contributed by atoms with E-state index in [0.717, 1.165) is 5.57 Å². The fourth-order valence-electron chi connectivity index (χ4n) is 1.10. The van der Waals surface area contributed by atoms with E-state index in [9.17, 15) is 0 Å². The minimum Gasteiger partial charge on any atom is -0.0961 e. The lowest BCUT2D eigenvalue weighted by atomic mass is 9.84. The van der Waals surface area contributed by atoms with E-state index < -0.39 is 0 Å². The first-order valence-electron chi connectivity index (χ1n) is 4.38. The van der Waals surface area contributed by atoms with Crippen molar-refractivity contribution in [1.29, 1.82) is 0 Å². The average Bonchev–Trinajstić information content (AvgIpc) is 1.85. The third-order valence-electron chi connectivity index (χ3n) is 2.06. The minimum atomic E-state index is 0.160. The molecule has 0 aliphatic rings. The first-order valence-corrected chi connectivity index (χ1v) is 4.38. The lowest BCUT2D eigenvalue weighted by Crippen LogP contribution is -2.08. The van der Waals surface area contributed by atoms with Crippen LogP contribution in [0.3, 0.4) is 0 Å². The van der Waals surface area contributed by atoms with Gasteiger partial charge in [-0.3, -0.25) is 0 Å². The van der Waals surface area contributed by atoms with E-state index in [2.05, 4.69) is 52.5 Å². The quantitative estimate of drug-likeness (QED) is 0.435.